The van der Waals surface area contributed by atoms with Crippen molar-refractivity contribution in [3.8, 4) is 0 Å². The molecular formula is C12H21NO4S2. The average Bonchev–Trinajstić information content (AvgIpc) is 2.69. The summed E-state index contributed by atoms with van der Waals surface area (Å²) in [5.74, 6) is 1.03. The van der Waals surface area contributed by atoms with E-state index in [0.717, 1.165) is 6.42 Å². The average molecular weight is 307 g/mol. The summed E-state index contributed by atoms with van der Waals surface area (Å²) in [6.07, 6.45) is 1.05. The van der Waals surface area contributed by atoms with E-state index in [0.29, 0.717) is 25.3 Å². The molecule has 0 aliphatic carbocycles. The molecule has 3 unspecified atom stereocenters. The van der Waals surface area contributed by atoms with Gasteiger partial charge < -0.3 is 10.0 Å². The minimum atomic E-state index is -2.87. The molecule has 7 heteroatoms. The van der Waals surface area contributed by atoms with Crippen LogP contribution >= 0.6 is 11.8 Å². The van der Waals surface area contributed by atoms with Gasteiger partial charge in [-0.15, -0.1) is 11.8 Å². The van der Waals surface area contributed by atoms with Crippen LogP contribution < -0.4 is 0 Å². The van der Waals surface area contributed by atoms with E-state index >= 15 is 0 Å². The number of thioether (sulfide) groups is 1. The van der Waals surface area contributed by atoms with Crippen LogP contribution in [0.15, 0.2) is 0 Å². The fourth-order valence-electron chi connectivity index (χ4n) is 2.45. The molecule has 5 nitrogen and oxygen atoms in total. The summed E-state index contributed by atoms with van der Waals surface area (Å²) < 4.78 is 22.6. The highest BCUT2D eigenvalue weighted by Gasteiger charge is 2.31. The van der Waals surface area contributed by atoms with Gasteiger partial charge >= 0.3 is 0 Å². The smallest absolute Gasteiger partial charge is 0.232 e. The number of hydrogen-bond acceptors (Lipinski definition) is 5. The first-order valence-corrected chi connectivity index (χ1v) is 9.52. The fourth-order valence-corrected chi connectivity index (χ4v) is 5.99. The Morgan fingerprint density at radius 1 is 1.42 bits per heavy atom. The van der Waals surface area contributed by atoms with Crippen LogP contribution in [0, 0.1) is 5.92 Å². The molecule has 0 aromatic carbocycles. The number of hydrogen-bond donors (Lipinski definition) is 1. The first kappa shape index (κ1) is 15.1. The molecular weight excluding hydrogens is 286 g/mol. The molecule has 0 spiro atoms. The van der Waals surface area contributed by atoms with Gasteiger partial charge in [-0.25, -0.2) is 8.42 Å². The van der Waals surface area contributed by atoms with Crippen molar-refractivity contribution in [2.45, 2.75) is 31.1 Å². The largest absolute Gasteiger partial charge is 0.391 e. The summed E-state index contributed by atoms with van der Waals surface area (Å²) in [6.45, 7) is 3.09. The van der Waals surface area contributed by atoms with Crippen LogP contribution in [0.25, 0.3) is 0 Å². The van der Waals surface area contributed by atoms with Gasteiger partial charge in [0.1, 0.15) is 0 Å². The zero-order valence-electron chi connectivity index (χ0n) is 11.1. The third-order valence-electron chi connectivity index (χ3n) is 3.90. The summed E-state index contributed by atoms with van der Waals surface area (Å²) in [4.78, 5) is 13.7. The van der Waals surface area contributed by atoms with E-state index in [1.54, 1.807) is 4.90 Å². The van der Waals surface area contributed by atoms with Gasteiger partial charge in [-0.05, 0) is 18.8 Å². The number of carbonyl (C=O) groups excluding carboxylic acids is 1. The van der Waals surface area contributed by atoms with Crippen molar-refractivity contribution in [1.29, 1.82) is 0 Å². The number of nitrogens with zero attached hydrogens (tertiary/aromatic N) is 1. The summed E-state index contributed by atoms with van der Waals surface area (Å²) in [6, 6.07) is 0. The quantitative estimate of drug-likeness (QED) is 0.802. The Labute approximate surface area is 118 Å². The zero-order chi connectivity index (χ0) is 14.0. The molecule has 0 aromatic rings. The Bertz CT molecular complexity index is 437. The molecule has 0 bridgehead atoms. The Hall–Kier alpha value is -0.270. The normalized spacial score (nSPS) is 34.4. The Kier molecular flexibility index (Phi) is 4.79. The Morgan fingerprint density at radius 3 is 2.74 bits per heavy atom. The highest BCUT2D eigenvalue weighted by molar-refractivity contribution is 8.02. The maximum atomic E-state index is 12.0. The van der Waals surface area contributed by atoms with Gasteiger partial charge in [0, 0.05) is 18.3 Å². The van der Waals surface area contributed by atoms with Crippen LogP contribution in [0.3, 0.4) is 0 Å². The second-order valence-electron chi connectivity index (χ2n) is 5.51. The molecule has 3 atom stereocenters. The number of carbonyl (C=O) groups is 1. The summed E-state index contributed by atoms with van der Waals surface area (Å²) in [5.41, 5.74) is 0. The van der Waals surface area contributed by atoms with E-state index in [-0.39, 0.29) is 28.6 Å². The SMILES string of the molecule is CC1CCN(C(=O)CSC2CCS(=O)(=O)C2)CC1O. The highest BCUT2D eigenvalue weighted by atomic mass is 32.2. The van der Waals surface area contributed by atoms with Crippen LogP contribution in [0.1, 0.15) is 19.8 Å². The lowest BCUT2D eigenvalue weighted by molar-refractivity contribution is -0.132. The minimum absolute atomic E-state index is 0.0141. The summed E-state index contributed by atoms with van der Waals surface area (Å²) in [7, 11) is -2.87. The van der Waals surface area contributed by atoms with Gasteiger partial charge in [-0.1, -0.05) is 6.92 Å². The number of aliphatic hydroxyl groups is 1. The maximum absolute atomic E-state index is 12.0. The molecule has 2 heterocycles. The number of β-amino-alcohol motifs (C(OH)–C–C–N with tert-alkyl or cyclic N) is 1. The molecule has 19 heavy (non-hydrogen) atoms. The molecule has 1 amide bonds. The predicted octanol–water partition coefficient (Wildman–Crippen LogP) is 0.136. The Morgan fingerprint density at radius 2 is 2.16 bits per heavy atom. The van der Waals surface area contributed by atoms with E-state index in [9.17, 15) is 18.3 Å². The maximum Gasteiger partial charge on any atom is 0.232 e. The van der Waals surface area contributed by atoms with Gasteiger partial charge in [0.05, 0.1) is 23.4 Å². The number of amides is 1. The van der Waals surface area contributed by atoms with Gasteiger partial charge in [0.25, 0.3) is 0 Å². The van der Waals surface area contributed by atoms with E-state index in [4.69, 9.17) is 0 Å². The molecule has 1 N–H and O–H groups in total. The minimum Gasteiger partial charge on any atom is -0.391 e. The molecule has 2 saturated heterocycles. The molecule has 0 saturated carbocycles. The van der Waals surface area contributed by atoms with Crippen LogP contribution in [-0.4, -0.2) is 66.0 Å². The summed E-state index contributed by atoms with van der Waals surface area (Å²) >= 11 is 1.44. The highest BCUT2D eigenvalue weighted by Crippen LogP contribution is 2.25. The monoisotopic (exact) mass is 307 g/mol. The lowest BCUT2D eigenvalue weighted by Gasteiger charge is -2.34. The van der Waals surface area contributed by atoms with Crippen LogP contribution in [0.2, 0.25) is 0 Å². The number of piperidine rings is 1. The van der Waals surface area contributed by atoms with E-state index in [1.165, 1.54) is 11.8 Å². The molecule has 0 aromatic heterocycles. The van der Waals surface area contributed by atoms with Crippen molar-refractivity contribution < 1.29 is 18.3 Å². The lowest BCUT2D eigenvalue weighted by atomic mass is 9.96. The standard InChI is InChI=1S/C12H21NO4S2/c1-9-2-4-13(6-11(9)14)12(15)7-18-10-3-5-19(16,17)8-10/h9-11,14H,2-8H2,1H3. The number of aliphatic hydroxyl groups excluding tert-OH is 1. The second-order valence-corrected chi connectivity index (χ2v) is 9.03. The first-order valence-electron chi connectivity index (χ1n) is 6.65. The molecule has 0 radical (unpaired) electrons. The lowest BCUT2D eigenvalue weighted by Crippen LogP contribution is -2.46. The van der Waals surface area contributed by atoms with Crippen molar-refractivity contribution in [2.24, 2.45) is 5.92 Å². The Balaban J connectivity index is 1.76. The van der Waals surface area contributed by atoms with Crippen LogP contribution in [0.5, 0.6) is 0 Å². The van der Waals surface area contributed by atoms with E-state index < -0.39 is 15.9 Å². The van der Waals surface area contributed by atoms with Gasteiger partial charge in [-0.2, -0.15) is 0 Å². The topological polar surface area (TPSA) is 74.7 Å². The zero-order valence-corrected chi connectivity index (χ0v) is 12.8. The number of sulfone groups is 1. The van der Waals surface area contributed by atoms with Crippen molar-refractivity contribution in [3.05, 3.63) is 0 Å². The van der Waals surface area contributed by atoms with Gasteiger partial charge in [0.15, 0.2) is 9.84 Å². The molecule has 2 aliphatic rings. The summed E-state index contributed by atoms with van der Waals surface area (Å²) in [5, 5.41) is 9.82. The molecule has 2 fully saturated rings. The number of rotatable bonds is 3. The van der Waals surface area contributed by atoms with Crippen LogP contribution in [-0.2, 0) is 14.6 Å². The van der Waals surface area contributed by atoms with Crippen molar-refractivity contribution in [2.75, 3.05) is 30.3 Å². The van der Waals surface area contributed by atoms with Gasteiger partial charge in [0.2, 0.25) is 5.91 Å². The van der Waals surface area contributed by atoms with Crippen molar-refractivity contribution in [3.63, 3.8) is 0 Å². The molecule has 2 rings (SSSR count). The predicted molar refractivity (Wildman–Crippen MR) is 75.9 cm³/mol. The number of likely N-dealkylation sites (tertiary alicyclic amines) is 1. The van der Waals surface area contributed by atoms with E-state index in [1.807, 2.05) is 6.92 Å². The molecule has 2 aliphatic heterocycles. The van der Waals surface area contributed by atoms with Crippen molar-refractivity contribution >= 4 is 27.5 Å². The third-order valence-corrected chi connectivity index (χ3v) is 7.17. The van der Waals surface area contributed by atoms with Crippen LogP contribution in [0.4, 0.5) is 0 Å². The molecule has 110 valence electrons. The third kappa shape index (κ3) is 4.10. The van der Waals surface area contributed by atoms with Gasteiger partial charge in [-0.3, -0.25) is 4.79 Å². The van der Waals surface area contributed by atoms with Crippen molar-refractivity contribution in [1.82, 2.24) is 4.90 Å². The first-order chi connectivity index (χ1) is 8.87. The second kappa shape index (κ2) is 6.01. The van der Waals surface area contributed by atoms with E-state index in [2.05, 4.69) is 0 Å². The fraction of sp³-hybridized carbons (Fsp3) is 0.917.